The fourth-order valence-electron chi connectivity index (χ4n) is 4.13. The van der Waals surface area contributed by atoms with Gasteiger partial charge in [-0.05, 0) is 82.7 Å². The van der Waals surface area contributed by atoms with Crippen LogP contribution >= 0.6 is 0 Å². The van der Waals surface area contributed by atoms with E-state index >= 15 is 0 Å². The van der Waals surface area contributed by atoms with Gasteiger partial charge in [-0.1, -0.05) is 36.4 Å². The fourth-order valence-corrected chi connectivity index (χ4v) is 5.19. The summed E-state index contributed by atoms with van der Waals surface area (Å²) in [6.45, 7) is 13.6. The van der Waals surface area contributed by atoms with E-state index in [2.05, 4.69) is 56.0 Å². The van der Waals surface area contributed by atoms with Crippen molar-refractivity contribution in [1.29, 1.82) is 0 Å². The zero-order chi connectivity index (χ0) is 22.8. The Morgan fingerprint density at radius 1 is 0.903 bits per heavy atom. The van der Waals surface area contributed by atoms with Gasteiger partial charge >= 0.3 is 0 Å². The van der Waals surface area contributed by atoms with Gasteiger partial charge in [0.25, 0.3) is 0 Å². The third-order valence-corrected chi connectivity index (χ3v) is 8.62. The average molecular weight is 444 g/mol. The monoisotopic (exact) mass is 443 g/mol. The highest BCUT2D eigenvalue weighted by Crippen LogP contribution is 2.26. The molecule has 1 aliphatic rings. The number of sulfone groups is 1. The SMILES string of the molecule is Cc1cc(CCc2ccc(CS(=O)(=O)C(C)(C)C)cc2)ccc1N1C[C@@H](C)O[C@@H](C)C1. The molecular weight excluding hydrogens is 406 g/mol. The molecule has 31 heavy (non-hydrogen) atoms. The van der Waals surface area contributed by atoms with E-state index in [1.807, 2.05) is 12.1 Å². The lowest BCUT2D eigenvalue weighted by Crippen LogP contribution is -2.45. The molecule has 2 aromatic carbocycles. The molecular formula is C26H37NO3S. The zero-order valence-electron chi connectivity index (χ0n) is 19.8. The number of nitrogens with zero attached hydrogens (tertiary/aromatic N) is 1. The van der Waals surface area contributed by atoms with E-state index in [1.54, 1.807) is 20.8 Å². The summed E-state index contributed by atoms with van der Waals surface area (Å²) in [5.74, 6) is 0.0935. The first-order valence-corrected chi connectivity index (χ1v) is 12.9. The number of morpholine rings is 1. The Bertz CT molecular complexity index is 980. The molecule has 0 aromatic heterocycles. The van der Waals surface area contributed by atoms with Gasteiger partial charge in [-0.25, -0.2) is 8.42 Å². The summed E-state index contributed by atoms with van der Waals surface area (Å²) in [6.07, 6.45) is 2.42. The number of hydrogen-bond donors (Lipinski definition) is 0. The summed E-state index contributed by atoms with van der Waals surface area (Å²) in [7, 11) is -3.16. The van der Waals surface area contributed by atoms with Crippen LogP contribution in [0.15, 0.2) is 42.5 Å². The van der Waals surface area contributed by atoms with Crippen molar-refractivity contribution < 1.29 is 13.2 Å². The maximum absolute atomic E-state index is 12.4. The summed E-state index contributed by atoms with van der Waals surface area (Å²) >= 11 is 0. The van der Waals surface area contributed by atoms with Crippen LogP contribution in [0.5, 0.6) is 0 Å². The number of anilines is 1. The number of aryl methyl sites for hydroxylation is 3. The Balaban J connectivity index is 1.61. The molecule has 1 aliphatic heterocycles. The minimum atomic E-state index is -3.16. The maximum Gasteiger partial charge on any atom is 0.159 e. The van der Waals surface area contributed by atoms with E-state index in [1.165, 1.54) is 22.4 Å². The Hall–Kier alpha value is -1.85. The summed E-state index contributed by atoms with van der Waals surface area (Å²) in [5, 5.41) is 0. The standard InChI is InChI=1S/C26H37NO3S/c1-19-15-23(13-14-25(19)27-16-20(2)30-21(3)17-27)10-7-22-8-11-24(12-9-22)18-31(28,29)26(4,5)6/h8-9,11-15,20-21H,7,10,16-18H2,1-6H3/t20-,21+. The van der Waals surface area contributed by atoms with Crippen molar-refractivity contribution in [3.05, 3.63) is 64.7 Å². The molecule has 1 saturated heterocycles. The molecule has 3 rings (SSSR count). The van der Waals surface area contributed by atoms with Gasteiger partial charge in [0.2, 0.25) is 0 Å². The summed E-state index contributed by atoms with van der Waals surface area (Å²) in [5.41, 5.74) is 6.02. The third kappa shape index (κ3) is 6.11. The van der Waals surface area contributed by atoms with Crippen LogP contribution in [0.25, 0.3) is 0 Å². The first-order chi connectivity index (χ1) is 14.4. The Kier molecular flexibility index (Phi) is 7.17. The topological polar surface area (TPSA) is 46.6 Å². The normalized spacial score (nSPS) is 20.1. The van der Waals surface area contributed by atoms with Crippen molar-refractivity contribution in [2.45, 2.75) is 77.1 Å². The molecule has 5 heteroatoms. The van der Waals surface area contributed by atoms with Crippen LogP contribution in [0.2, 0.25) is 0 Å². The average Bonchev–Trinajstić information content (AvgIpc) is 2.65. The maximum atomic E-state index is 12.4. The molecule has 0 unspecified atom stereocenters. The number of benzene rings is 2. The van der Waals surface area contributed by atoms with Crippen LogP contribution in [0.3, 0.4) is 0 Å². The first kappa shape index (κ1) is 23.8. The van der Waals surface area contributed by atoms with Gasteiger partial charge in [0.1, 0.15) is 0 Å². The highest BCUT2D eigenvalue weighted by atomic mass is 32.2. The van der Waals surface area contributed by atoms with E-state index in [0.29, 0.717) is 0 Å². The summed E-state index contributed by atoms with van der Waals surface area (Å²) < 4.78 is 30.0. The Morgan fingerprint density at radius 2 is 1.42 bits per heavy atom. The van der Waals surface area contributed by atoms with E-state index in [4.69, 9.17) is 4.74 Å². The Morgan fingerprint density at radius 3 is 1.97 bits per heavy atom. The highest BCUT2D eigenvalue weighted by molar-refractivity contribution is 7.91. The lowest BCUT2D eigenvalue weighted by molar-refractivity contribution is -0.00524. The van der Waals surface area contributed by atoms with E-state index in [9.17, 15) is 8.42 Å². The lowest BCUT2D eigenvalue weighted by Gasteiger charge is -2.37. The molecule has 0 spiro atoms. The van der Waals surface area contributed by atoms with Gasteiger partial charge in [0.15, 0.2) is 9.84 Å². The van der Waals surface area contributed by atoms with E-state index < -0.39 is 14.6 Å². The lowest BCUT2D eigenvalue weighted by atomic mass is 10.0. The minimum Gasteiger partial charge on any atom is -0.372 e. The van der Waals surface area contributed by atoms with Crippen LogP contribution in [-0.4, -0.2) is 38.5 Å². The Labute approximate surface area is 188 Å². The number of rotatable bonds is 6. The second-order valence-corrected chi connectivity index (χ2v) is 12.7. The van der Waals surface area contributed by atoms with Crippen LogP contribution in [-0.2, 0) is 33.2 Å². The van der Waals surface area contributed by atoms with Crippen molar-refractivity contribution >= 4 is 15.5 Å². The molecule has 170 valence electrons. The third-order valence-electron chi connectivity index (χ3n) is 6.04. The van der Waals surface area contributed by atoms with Gasteiger partial charge in [-0.15, -0.1) is 0 Å². The van der Waals surface area contributed by atoms with Crippen molar-refractivity contribution in [2.24, 2.45) is 0 Å². The number of ether oxygens (including phenoxy) is 1. The molecule has 0 saturated carbocycles. The van der Waals surface area contributed by atoms with Gasteiger partial charge < -0.3 is 9.64 Å². The quantitative estimate of drug-likeness (QED) is 0.623. The molecule has 4 nitrogen and oxygen atoms in total. The van der Waals surface area contributed by atoms with Gasteiger partial charge in [0.05, 0.1) is 22.7 Å². The first-order valence-electron chi connectivity index (χ1n) is 11.2. The van der Waals surface area contributed by atoms with Gasteiger partial charge in [-0.3, -0.25) is 0 Å². The summed E-state index contributed by atoms with van der Waals surface area (Å²) in [6, 6.07) is 14.8. The van der Waals surface area contributed by atoms with Crippen molar-refractivity contribution in [1.82, 2.24) is 0 Å². The molecule has 0 radical (unpaired) electrons. The van der Waals surface area contributed by atoms with Crippen LogP contribution in [0.4, 0.5) is 5.69 Å². The molecule has 2 aromatic rings. The minimum absolute atomic E-state index is 0.0935. The molecule has 1 fully saturated rings. The predicted octanol–water partition coefficient (Wildman–Crippen LogP) is 5.11. The van der Waals surface area contributed by atoms with Gasteiger partial charge in [-0.2, -0.15) is 0 Å². The molecule has 0 N–H and O–H groups in total. The largest absolute Gasteiger partial charge is 0.372 e. The zero-order valence-corrected chi connectivity index (χ0v) is 20.6. The highest BCUT2D eigenvalue weighted by Gasteiger charge is 2.29. The van der Waals surface area contributed by atoms with Gasteiger partial charge in [0, 0.05) is 18.8 Å². The second kappa shape index (κ2) is 9.33. The van der Waals surface area contributed by atoms with E-state index in [0.717, 1.165) is 31.5 Å². The number of hydrogen-bond acceptors (Lipinski definition) is 4. The van der Waals surface area contributed by atoms with Crippen LogP contribution in [0.1, 0.15) is 56.9 Å². The van der Waals surface area contributed by atoms with Crippen LogP contribution < -0.4 is 4.90 Å². The molecule has 0 amide bonds. The van der Waals surface area contributed by atoms with Crippen molar-refractivity contribution in [3.63, 3.8) is 0 Å². The smallest absolute Gasteiger partial charge is 0.159 e. The van der Waals surface area contributed by atoms with E-state index in [-0.39, 0.29) is 18.0 Å². The second-order valence-electron chi connectivity index (χ2n) is 9.97. The van der Waals surface area contributed by atoms with Crippen molar-refractivity contribution in [3.8, 4) is 0 Å². The van der Waals surface area contributed by atoms with Crippen molar-refractivity contribution in [2.75, 3.05) is 18.0 Å². The fraction of sp³-hybridized carbons (Fsp3) is 0.538. The molecule has 1 heterocycles. The predicted molar refractivity (Wildman–Crippen MR) is 130 cm³/mol. The molecule has 2 atom stereocenters. The molecule has 0 aliphatic carbocycles. The van der Waals surface area contributed by atoms with Crippen LogP contribution in [0, 0.1) is 6.92 Å². The molecule has 0 bridgehead atoms. The summed E-state index contributed by atoms with van der Waals surface area (Å²) in [4.78, 5) is 2.43.